The number of nitrogens with zero attached hydrogens (tertiary/aromatic N) is 3. The minimum absolute atomic E-state index is 0.240. The molecule has 2 fully saturated rings. The highest BCUT2D eigenvalue weighted by Crippen LogP contribution is 2.53. The molecular formula is C29H25N3O4. The van der Waals surface area contributed by atoms with Gasteiger partial charge in [0.05, 0.1) is 36.9 Å². The summed E-state index contributed by atoms with van der Waals surface area (Å²) in [6, 6.07) is 18.8. The molecule has 3 aromatic carbocycles. The van der Waals surface area contributed by atoms with Crippen molar-refractivity contribution in [2.24, 2.45) is 16.9 Å². The Morgan fingerprint density at radius 2 is 1.64 bits per heavy atom. The Labute approximate surface area is 209 Å². The smallest absolute Gasteiger partial charge is 0.240 e. The minimum Gasteiger partial charge on any atom is -0.497 e. The molecule has 4 atom stereocenters. The van der Waals surface area contributed by atoms with Crippen molar-refractivity contribution in [3.63, 3.8) is 0 Å². The first-order valence-electron chi connectivity index (χ1n) is 12.0. The van der Waals surface area contributed by atoms with Gasteiger partial charge >= 0.3 is 0 Å². The van der Waals surface area contributed by atoms with Crippen LogP contribution in [0.15, 0.2) is 71.8 Å². The summed E-state index contributed by atoms with van der Waals surface area (Å²) >= 11 is 0. The number of rotatable bonds is 4. The molecule has 6 rings (SSSR count). The van der Waals surface area contributed by atoms with Gasteiger partial charge in [-0.25, -0.2) is 4.90 Å². The lowest BCUT2D eigenvalue weighted by Gasteiger charge is -2.34. The van der Waals surface area contributed by atoms with Crippen LogP contribution < -0.4 is 9.64 Å². The van der Waals surface area contributed by atoms with E-state index in [9.17, 15) is 14.4 Å². The molecule has 0 unspecified atom stereocenters. The van der Waals surface area contributed by atoms with Crippen LogP contribution in [0.25, 0.3) is 0 Å². The van der Waals surface area contributed by atoms with Crippen LogP contribution in [-0.4, -0.2) is 42.0 Å². The van der Waals surface area contributed by atoms with Crippen LogP contribution in [0.2, 0.25) is 0 Å². The third-order valence-corrected chi connectivity index (χ3v) is 7.53. The van der Waals surface area contributed by atoms with Crippen LogP contribution in [0.3, 0.4) is 0 Å². The number of ether oxygens (including phenoxy) is 1. The first kappa shape index (κ1) is 22.2. The maximum absolute atomic E-state index is 14.0. The number of hydrogen-bond donors (Lipinski definition) is 0. The van der Waals surface area contributed by atoms with Crippen molar-refractivity contribution in [2.75, 3.05) is 12.0 Å². The monoisotopic (exact) mass is 479 g/mol. The molecule has 0 bridgehead atoms. The van der Waals surface area contributed by atoms with Gasteiger partial charge in [-0.2, -0.15) is 5.10 Å². The Morgan fingerprint density at radius 3 is 2.36 bits per heavy atom. The highest BCUT2D eigenvalue weighted by molar-refractivity contribution is 6.25. The van der Waals surface area contributed by atoms with Crippen molar-refractivity contribution in [2.45, 2.75) is 25.9 Å². The van der Waals surface area contributed by atoms with E-state index in [4.69, 9.17) is 4.74 Å². The summed E-state index contributed by atoms with van der Waals surface area (Å²) in [5.74, 6) is -1.82. The summed E-state index contributed by atoms with van der Waals surface area (Å²) in [7, 11) is 1.56. The molecule has 3 heterocycles. The van der Waals surface area contributed by atoms with Crippen LogP contribution in [0, 0.1) is 25.7 Å². The Morgan fingerprint density at radius 1 is 0.917 bits per heavy atom. The van der Waals surface area contributed by atoms with Gasteiger partial charge in [0, 0.05) is 5.56 Å². The molecule has 2 saturated heterocycles. The van der Waals surface area contributed by atoms with E-state index >= 15 is 0 Å². The summed E-state index contributed by atoms with van der Waals surface area (Å²) < 4.78 is 5.23. The van der Waals surface area contributed by atoms with Crippen molar-refractivity contribution >= 4 is 29.5 Å². The molecule has 3 aromatic rings. The molecule has 0 aliphatic carbocycles. The number of hydrogen-bond acceptors (Lipinski definition) is 6. The highest BCUT2D eigenvalue weighted by Gasteiger charge is 2.65. The molecule has 180 valence electrons. The van der Waals surface area contributed by atoms with Gasteiger partial charge in [-0.05, 0) is 60.9 Å². The molecule has 0 radical (unpaired) electrons. The van der Waals surface area contributed by atoms with Gasteiger partial charge in [-0.1, -0.05) is 42.0 Å². The number of methoxy groups -OCH3 is 1. The number of anilines is 1. The van der Waals surface area contributed by atoms with Crippen LogP contribution in [-0.2, 0) is 9.59 Å². The predicted molar refractivity (Wildman–Crippen MR) is 135 cm³/mol. The fourth-order valence-electron chi connectivity index (χ4n) is 5.89. The number of amides is 2. The number of ketones is 1. The average Bonchev–Trinajstić information content (AvgIpc) is 3.36. The van der Waals surface area contributed by atoms with E-state index in [1.807, 2.05) is 56.3 Å². The lowest BCUT2D eigenvalue weighted by molar-refractivity contribution is -0.124. The van der Waals surface area contributed by atoms with E-state index in [0.29, 0.717) is 17.0 Å². The summed E-state index contributed by atoms with van der Waals surface area (Å²) in [5.41, 5.74) is 4.69. The summed E-state index contributed by atoms with van der Waals surface area (Å²) in [6.07, 6.45) is 1.71. The number of fused-ring (bicyclic) bond motifs is 5. The summed E-state index contributed by atoms with van der Waals surface area (Å²) in [5, 5.41) is 6.29. The minimum atomic E-state index is -0.898. The van der Waals surface area contributed by atoms with E-state index < -0.39 is 23.9 Å². The summed E-state index contributed by atoms with van der Waals surface area (Å²) in [4.78, 5) is 43.2. The molecule has 0 aromatic heterocycles. The zero-order valence-corrected chi connectivity index (χ0v) is 20.2. The molecular weight excluding hydrogens is 454 g/mol. The van der Waals surface area contributed by atoms with Gasteiger partial charge in [0.2, 0.25) is 11.8 Å². The molecule has 36 heavy (non-hydrogen) atoms. The predicted octanol–water partition coefficient (Wildman–Crippen LogP) is 4.07. The second kappa shape index (κ2) is 8.16. The van der Waals surface area contributed by atoms with E-state index in [0.717, 1.165) is 22.3 Å². The SMILES string of the molecule is COc1ccc(C(=O)[C@H]2[C@H]3C(=O)N(c4ccc(C)cc4C)C(=O)[C@H]3[C@H]3c4ccccc4C=NN32)cc1. The zero-order valence-electron chi connectivity index (χ0n) is 20.2. The second-order valence-electron chi connectivity index (χ2n) is 9.59. The number of Topliss-reactive ketones (excluding diaryl/α,β-unsaturated/α-hetero) is 1. The van der Waals surface area contributed by atoms with Crippen molar-refractivity contribution in [1.29, 1.82) is 0 Å². The Balaban J connectivity index is 1.49. The van der Waals surface area contributed by atoms with Crippen LogP contribution in [0.1, 0.15) is 38.7 Å². The zero-order chi connectivity index (χ0) is 25.1. The molecule has 3 aliphatic heterocycles. The first-order valence-corrected chi connectivity index (χ1v) is 12.0. The van der Waals surface area contributed by atoms with Crippen LogP contribution in [0.4, 0.5) is 5.69 Å². The van der Waals surface area contributed by atoms with Gasteiger partial charge < -0.3 is 4.74 Å². The number of imide groups is 1. The van der Waals surface area contributed by atoms with Gasteiger partial charge in [-0.15, -0.1) is 0 Å². The molecule has 0 spiro atoms. The lowest BCUT2D eigenvalue weighted by Crippen LogP contribution is -2.44. The standard InChI is InChI=1S/C29H25N3O4/c1-16-8-13-22(17(2)14-16)31-28(34)23-24(29(31)35)26(27(33)18-9-11-20(36-3)12-10-18)32-25(23)21-7-5-4-6-19(21)15-30-32/h4-15,23-26H,1-3H3/t23-,24+,25-,26-/m1/s1. The molecule has 0 N–H and O–H groups in total. The third kappa shape index (κ3) is 3.12. The van der Waals surface area contributed by atoms with Crippen molar-refractivity contribution in [1.82, 2.24) is 5.01 Å². The van der Waals surface area contributed by atoms with Gasteiger partial charge in [-0.3, -0.25) is 19.4 Å². The average molecular weight is 480 g/mol. The number of carbonyl (C=O) groups is 3. The third-order valence-electron chi connectivity index (χ3n) is 7.53. The fourth-order valence-corrected chi connectivity index (χ4v) is 5.89. The largest absolute Gasteiger partial charge is 0.497 e. The topological polar surface area (TPSA) is 79.3 Å². The second-order valence-corrected chi connectivity index (χ2v) is 9.59. The number of hydrazone groups is 1. The maximum Gasteiger partial charge on any atom is 0.240 e. The van der Waals surface area contributed by atoms with Crippen LogP contribution in [0.5, 0.6) is 5.75 Å². The van der Waals surface area contributed by atoms with E-state index in [1.165, 1.54) is 4.90 Å². The van der Waals surface area contributed by atoms with E-state index in [-0.39, 0.29) is 17.6 Å². The maximum atomic E-state index is 14.0. The fraction of sp³-hybridized carbons (Fsp3) is 0.241. The Hall–Kier alpha value is -4.26. The summed E-state index contributed by atoms with van der Waals surface area (Å²) in [6.45, 7) is 3.86. The van der Waals surface area contributed by atoms with Gasteiger partial charge in [0.1, 0.15) is 11.8 Å². The Kier molecular flexibility index (Phi) is 5.03. The van der Waals surface area contributed by atoms with Crippen molar-refractivity contribution in [3.05, 3.63) is 94.5 Å². The van der Waals surface area contributed by atoms with E-state index in [1.54, 1.807) is 42.6 Å². The number of carbonyl (C=O) groups excluding carboxylic acids is 3. The molecule has 3 aliphatic rings. The Bertz CT molecular complexity index is 1450. The van der Waals surface area contributed by atoms with Gasteiger partial charge in [0.25, 0.3) is 0 Å². The van der Waals surface area contributed by atoms with E-state index in [2.05, 4.69) is 5.10 Å². The van der Waals surface area contributed by atoms with Crippen LogP contribution >= 0.6 is 0 Å². The van der Waals surface area contributed by atoms with Crippen molar-refractivity contribution in [3.8, 4) is 5.75 Å². The van der Waals surface area contributed by atoms with Crippen molar-refractivity contribution < 1.29 is 19.1 Å². The normalized spacial score (nSPS) is 24.0. The molecule has 2 amide bonds. The molecule has 0 saturated carbocycles. The molecule has 7 heteroatoms. The highest BCUT2D eigenvalue weighted by atomic mass is 16.5. The number of aryl methyl sites for hydroxylation is 2. The first-order chi connectivity index (χ1) is 17.4. The lowest BCUT2D eigenvalue weighted by atomic mass is 9.83. The quantitative estimate of drug-likeness (QED) is 0.416. The number of benzene rings is 3. The van der Waals surface area contributed by atoms with Gasteiger partial charge in [0.15, 0.2) is 5.78 Å². The molecule has 7 nitrogen and oxygen atoms in total.